The van der Waals surface area contributed by atoms with Gasteiger partial charge < -0.3 is 4.90 Å². The number of rotatable bonds is 13. The highest BCUT2D eigenvalue weighted by atomic mass is 16.2. The number of carbonyl (C=O) groups excluding carboxylic acids is 1. The lowest BCUT2D eigenvalue weighted by atomic mass is 10.1. The van der Waals surface area contributed by atoms with Crippen LogP contribution in [0.5, 0.6) is 0 Å². The molecule has 2 nitrogen and oxygen atoms in total. The molecule has 0 aliphatic heterocycles. The Kier molecular flexibility index (Phi) is 13.1. The summed E-state index contributed by atoms with van der Waals surface area (Å²) in [6, 6.07) is 0.395. The van der Waals surface area contributed by atoms with Gasteiger partial charge in [0.1, 0.15) is 0 Å². The molecular formula is C18H37NO. The van der Waals surface area contributed by atoms with Crippen LogP contribution in [0.1, 0.15) is 97.8 Å². The normalized spacial score (nSPS) is 12.4. The summed E-state index contributed by atoms with van der Waals surface area (Å²) >= 11 is 0. The maximum atomic E-state index is 12.0. The molecule has 0 aliphatic carbocycles. The molecule has 0 aromatic heterocycles. The summed E-state index contributed by atoms with van der Waals surface area (Å²) in [5.41, 5.74) is 0. The van der Waals surface area contributed by atoms with Gasteiger partial charge in [-0.05, 0) is 19.8 Å². The van der Waals surface area contributed by atoms with Crippen molar-refractivity contribution in [3.8, 4) is 0 Å². The molecule has 0 spiro atoms. The van der Waals surface area contributed by atoms with Crippen molar-refractivity contribution >= 4 is 5.91 Å². The van der Waals surface area contributed by atoms with Crippen LogP contribution in [0.2, 0.25) is 0 Å². The Hall–Kier alpha value is -0.530. The van der Waals surface area contributed by atoms with Crippen LogP contribution in [0.3, 0.4) is 0 Å². The second-order valence-corrected chi connectivity index (χ2v) is 6.22. The van der Waals surface area contributed by atoms with Crippen LogP contribution in [-0.2, 0) is 4.79 Å². The van der Waals surface area contributed by atoms with E-state index in [-0.39, 0.29) is 0 Å². The lowest BCUT2D eigenvalue weighted by molar-refractivity contribution is -0.131. The quantitative estimate of drug-likeness (QED) is 0.405. The molecule has 0 fully saturated rings. The van der Waals surface area contributed by atoms with Crippen molar-refractivity contribution in [2.24, 2.45) is 0 Å². The molecule has 0 saturated heterocycles. The number of carbonyl (C=O) groups is 1. The maximum Gasteiger partial charge on any atom is 0.222 e. The van der Waals surface area contributed by atoms with Crippen LogP contribution >= 0.6 is 0 Å². The minimum atomic E-state index is 0.328. The van der Waals surface area contributed by atoms with Crippen molar-refractivity contribution in [3.05, 3.63) is 0 Å². The lowest BCUT2D eigenvalue weighted by Gasteiger charge is -2.24. The fourth-order valence-electron chi connectivity index (χ4n) is 2.62. The predicted molar refractivity (Wildman–Crippen MR) is 89.0 cm³/mol. The van der Waals surface area contributed by atoms with E-state index >= 15 is 0 Å². The first-order valence-electron chi connectivity index (χ1n) is 8.89. The summed E-state index contributed by atoms with van der Waals surface area (Å²) in [5, 5.41) is 0. The van der Waals surface area contributed by atoms with Gasteiger partial charge in [-0.3, -0.25) is 4.79 Å². The summed E-state index contributed by atoms with van der Waals surface area (Å²) in [6.07, 6.45) is 14.8. The molecule has 20 heavy (non-hydrogen) atoms. The Bertz CT molecular complexity index is 227. The third-order valence-electron chi connectivity index (χ3n) is 4.26. The van der Waals surface area contributed by atoms with Gasteiger partial charge in [-0.1, -0.05) is 71.6 Å². The van der Waals surface area contributed by atoms with E-state index in [1.807, 2.05) is 11.9 Å². The molecule has 0 aliphatic rings. The molecule has 0 heterocycles. The summed E-state index contributed by atoms with van der Waals surface area (Å²) in [5.74, 6) is 0.328. The monoisotopic (exact) mass is 283 g/mol. The van der Waals surface area contributed by atoms with Crippen LogP contribution in [0.4, 0.5) is 0 Å². The molecule has 0 aromatic rings. The minimum absolute atomic E-state index is 0.328. The van der Waals surface area contributed by atoms with Gasteiger partial charge in [-0.25, -0.2) is 0 Å². The molecule has 1 unspecified atom stereocenters. The number of nitrogens with zero attached hydrogens (tertiary/aromatic N) is 1. The SMILES string of the molecule is CCCCCCCCCCCC(=O)N(C)C(C)CCC. The van der Waals surface area contributed by atoms with Crippen LogP contribution < -0.4 is 0 Å². The van der Waals surface area contributed by atoms with Crippen LogP contribution in [0.15, 0.2) is 0 Å². The zero-order valence-corrected chi connectivity index (χ0v) is 14.4. The van der Waals surface area contributed by atoms with Crippen molar-refractivity contribution in [2.45, 2.75) is 104 Å². The van der Waals surface area contributed by atoms with Crippen molar-refractivity contribution in [1.29, 1.82) is 0 Å². The molecule has 0 bridgehead atoms. The second kappa shape index (κ2) is 13.5. The Balaban J connectivity index is 3.43. The largest absolute Gasteiger partial charge is 0.343 e. The van der Waals surface area contributed by atoms with Crippen molar-refractivity contribution in [1.82, 2.24) is 4.90 Å². The predicted octanol–water partition coefficient (Wildman–Crippen LogP) is 5.55. The first kappa shape index (κ1) is 19.5. The van der Waals surface area contributed by atoms with E-state index in [0.29, 0.717) is 11.9 Å². The molecule has 0 aromatic carbocycles. The number of hydrogen-bond acceptors (Lipinski definition) is 1. The molecule has 0 radical (unpaired) electrons. The molecule has 1 atom stereocenters. The Morgan fingerprint density at radius 3 is 1.85 bits per heavy atom. The number of amides is 1. The second-order valence-electron chi connectivity index (χ2n) is 6.22. The van der Waals surface area contributed by atoms with E-state index in [1.54, 1.807) is 0 Å². The maximum absolute atomic E-state index is 12.0. The number of hydrogen-bond donors (Lipinski definition) is 0. The van der Waals surface area contributed by atoms with Gasteiger partial charge in [0.2, 0.25) is 5.91 Å². The highest BCUT2D eigenvalue weighted by molar-refractivity contribution is 5.76. The summed E-state index contributed by atoms with van der Waals surface area (Å²) in [6.45, 7) is 6.59. The van der Waals surface area contributed by atoms with E-state index in [2.05, 4.69) is 20.8 Å². The van der Waals surface area contributed by atoms with Gasteiger partial charge in [-0.2, -0.15) is 0 Å². The van der Waals surface area contributed by atoms with Crippen molar-refractivity contribution in [2.75, 3.05) is 7.05 Å². The van der Waals surface area contributed by atoms with Crippen LogP contribution in [0.25, 0.3) is 0 Å². The highest BCUT2D eigenvalue weighted by Crippen LogP contribution is 2.12. The molecule has 0 rings (SSSR count). The Morgan fingerprint density at radius 1 is 0.850 bits per heavy atom. The van der Waals surface area contributed by atoms with E-state index in [1.165, 1.54) is 51.4 Å². The molecule has 2 heteroatoms. The Labute approximate surface area is 127 Å². The third-order valence-corrected chi connectivity index (χ3v) is 4.26. The van der Waals surface area contributed by atoms with Gasteiger partial charge in [0.25, 0.3) is 0 Å². The highest BCUT2D eigenvalue weighted by Gasteiger charge is 2.13. The van der Waals surface area contributed by atoms with E-state index in [4.69, 9.17) is 0 Å². The fourth-order valence-corrected chi connectivity index (χ4v) is 2.62. The zero-order chi connectivity index (χ0) is 15.2. The van der Waals surface area contributed by atoms with Crippen LogP contribution in [-0.4, -0.2) is 23.9 Å². The lowest BCUT2D eigenvalue weighted by Crippen LogP contribution is -2.34. The van der Waals surface area contributed by atoms with E-state index < -0.39 is 0 Å². The average molecular weight is 284 g/mol. The minimum Gasteiger partial charge on any atom is -0.343 e. The first-order valence-corrected chi connectivity index (χ1v) is 8.89. The topological polar surface area (TPSA) is 20.3 Å². The van der Waals surface area contributed by atoms with Crippen molar-refractivity contribution in [3.63, 3.8) is 0 Å². The summed E-state index contributed by atoms with van der Waals surface area (Å²) in [7, 11) is 1.95. The smallest absolute Gasteiger partial charge is 0.222 e. The Morgan fingerprint density at radius 2 is 1.35 bits per heavy atom. The van der Waals surface area contributed by atoms with Crippen molar-refractivity contribution < 1.29 is 4.79 Å². The van der Waals surface area contributed by atoms with Gasteiger partial charge in [-0.15, -0.1) is 0 Å². The van der Waals surface area contributed by atoms with Gasteiger partial charge in [0, 0.05) is 19.5 Å². The van der Waals surface area contributed by atoms with Gasteiger partial charge >= 0.3 is 0 Å². The molecule has 1 amide bonds. The van der Waals surface area contributed by atoms with Gasteiger partial charge in [0.15, 0.2) is 0 Å². The van der Waals surface area contributed by atoms with Gasteiger partial charge in [0.05, 0.1) is 0 Å². The molecular weight excluding hydrogens is 246 g/mol. The van der Waals surface area contributed by atoms with E-state index in [9.17, 15) is 4.79 Å². The fraction of sp³-hybridized carbons (Fsp3) is 0.944. The molecule has 0 saturated carbocycles. The summed E-state index contributed by atoms with van der Waals surface area (Å²) in [4.78, 5) is 13.9. The number of unbranched alkanes of at least 4 members (excludes halogenated alkanes) is 8. The average Bonchev–Trinajstić information content (AvgIpc) is 2.44. The summed E-state index contributed by atoms with van der Waals surface area (Å²) < 4.78 is 0. The first-order chi connectivity index (χ1) is 9.63. The van der Waals surface area contributed by atoms with E-state index in [0.717, 1.165) is 25.7 Å². The molecule has 0 N–H and O–H groups in total. The molecule has 120 valence electrons. The van der Waals surface area contributed by atoms with Crippen LogP contribution in [0, 0.1) is 0 Å². The third kappa shape index (κ3) is 10.3. The zero-order valence-electron chi connectivity index (χ0n) is 14.4. The standard InChI is InChI=1S/C18H37NO/c1-5-7-8-9-10-11-12-13-14-16-18(20)19(4)17(3)15-6-2/h17H,5-16H2,1-4H3.